The molecule has 0 saturated heterocycles. The number of rotatable bonds is 55. The van der Waals surface area contributed by atoms with Crippen molar-refractivity contribution in [2.75, 3.05) is 40.9 Å². The summed E-state index contributed by atoms with van der Waals surface area (Å²) < 4.78 is 23.4. The lowest BCUT2D eigenvalue weighted by atomic mass is 10.0. The van der Waals surface area contributed by atoms with Crippen LogP contribution in [0.2, 0.25) is 0 Å². The fourth-order valence-corrected chi connectivity index (χ4v) is 9.51. The van der Waals surface area contributed by atoms with Gasteiger partial charge in [-0.05, 0) is 64.2 Å². The number of aliphatic hydroxyl groups is 1. The Hall–Kier alpha value is -1.54. The lowest BCUT2D eigenvalue weighted by Gasteiger charge is -2.29. The molecule has 70 heavy (non-hydrogen) atoms. The second-order valence-electron chi connectivity index (χ2n) is 21.7. The number of nitrogens with zero attached hydrogens (tertiary/aromatic N) is 1. The monoisotopic (exact) mass is 1000 g/mol. The Morgan fingerprint density at radius 1 is 0.500 bits per heavy atom. The molecular formula is C61H117N2O6P. The van der Waals surface area contributed by atoms with E-state index in [-0.39, 0.29) is 12.5 Å². The molecule has 0 spiro atoms. The van der Waals surface area contributed by atoms with Crippen molar-refractivity contribution in [2.24, 2.45) is 0 Å². The average molecular weight is 1010 g/mol. The van der Waals surface area contributed by atoms with Crippen LogP contribution in [0.25, 0.3) is 0 Å². The molecule has 0 aromatic rings. The summed E-state index contributed by atoms with van der Waals surface area (Å²) in [6.45, 7) is 4.65. The smallest absolute Gasteiger partial charge is 0.268 e. The summed E-state index contributed by atoms with van der Waals surface area (Å²) >= 11 is 0. The molecule has 0 fully saturated rings. The second-order valence-corrected chi connectivity index (χ2v) is 23.1. The van der Waals surface area contributed by atoms with Crippen molar-refractivity contribution in [1.82, 2.24) is 5.32 Å². The molecule has 3 atom stereocenters. The van der Waals surface area contributed by atoms with Crippen LogP contribution in [0, 0.1) is 0 Å². The highest BCUT2D eigenvalue weighted by Crippen LogP contribution is 2.38. The fourth-order valence-electron chi connectivity index (χ4n) is 8.79. The van der Waals surface area contributed by atoms with Gasteiger partial charge < -0.3 is 28.8 Å². The van der Waals surface area contributed by atoms with Crippen LogP contribution in [0.5, 0.6) is 0 Å². The molecule has 8 nitrogen and oxygen atoms in total. The first-order valence-corrected chi connectivity index (χ1v) is 31.5. The van der Waals surface area contributed by atoms with Crippen LogP contribution in [0.3, 0.4) is 0 Å². The number of carbonyl (C=O) groups excluding carboxylic acids is 1. The van der Waals surface area contributed by atoms with E-state index in [1.54, 1.807) is 6.08 Å². The number of hydrogen-bond donors (Lipinski definition) is 2. The van der Waals surface area contributed by atoms with E-state index in [2.05, 4.69) is 55.6 Å². The van der Waals surface area contributed by atoms with Crippen molar-refractivity contribution >= 4 is 13.7 Å². The Balaban J connectivity index is 4.25. The number of unbranched alkanes of at least 4 members (excludes halogenated alkanes) is 36. The fraction of sp³-hybridized carbons (Fsp3) is 0.852. The van der Waals surface area contributed by atoms with Gasteiger partial charge in [-0.1, -0.05) is 262 Å². The van der Waals surface area contributed by atoms with Gasteiger partial charge >= 0.3 is 0 Å². The zero-order valence-electron chi connectivity index (χ0n) is 47.0. The molecule has 412 valence electrons. The van der Waals surface area contributed by atoms with Gasteiger partial charge in [-0.2, -0.15) is 0 Å². The summed E-state index contributed by atoms with van der Waals surface area (Å²) in [5, 5.41) is 13.9. The molecule has 1 amide bonds. The average Bonchev–Trinajstić information content (AvgIpc) is 3.32. The SMILES string of the molecule is CCCCCCCCCCC/C=C\C/C=C\CCCCCCCCCC(=O)NC(COP(=O)([O-])OCC[N+](C)(C)C)C(O)/C=C/CC/C=C/CCCCCCCCCCCCCCCCCCCCC. The molecular weight excluding hydrogens is 888 g/mol. The molecule has 2 N–H and O–H groups in total. The second kappa shape index (κ2) is 52.3. The third-order valence-corrected chi connectivity index (χ3v) is 14.5. The number of nitrogens with one attached hydrogen (secondary N) is 1. The van der Waals surface area contributed by atoms with Gasteiger partial charge in [0.2, 0.25) is 5.91 Å². The predicted octanol–water partition coefficient (Wildman–Crippen LogP) is 17.7. The Bertz CT molecular complexity index is 1280. The van der Waals surface area contributed by atoms with E-state index in [4.69, 9.17) is 9.05 Å². The van der Waals surface area contributed by atoms with Gasteiger partial charge in [0, 0.05) is 6.42 Å². The van der Waals surface area contributed by atoms with Crippen molar-refractivity contribution in [1.29, 1.82) is 0 Å². The normalized spacial score (nSPS) is 14.2. The molecule has 0 saturated carbocycles. The zero-order valence-corrected chi connectivity index (χ0v) is 47.9. The lowest BCUT2D eigenvalue weighted by molar-refractivity contribution is -0.870. The number of phosphoric acid groups is 1. The minimum atomic E-state index is -4.61. The third kappa shape index (κ3) is 54.2. The maximum Gasteiger partial charge on any atom is 0.268 e. The Labute approximate surface area is 435 Å². The van der Waals surface area contributed by atoms with Gasteiger partial charge in [0.25, 0.3) is 7.82 Å². The van der Waals surface area contributed by atoms with Gasteiger partial charge in [-0.3, -0.25) is 9.36 Å². The highest BCUT2D eigenvalue weighted by Gasteiger charge is 2.23. The van der Waals surface area contributed by atoms with Crippen molar-refractivity contribution in [3.63, 3.8) is 0 Å². The first kappa shape index (κ1) is 68.5. The summed E-state index contributed by atoms with van der Waals surface area (Å²) in [7, 11) is 1.24. The van der Waals surface area contributed by atoms with Gasteiger partial charge in [0.15, 0.2) is 0 Å². The largest absolute Gasteiger partial charge is 0.756 e. The number of phosphoric ester groups is 1. The van der Waals surface area contributed by atoms with Crippen LogP contribution in [0.1, 0.15) is 284 Å². The third-order valence-electron chi connectivity index (χ3n) is 13.5. The minimum absolute atomic E-state index is 0.00869. The highest BCUT2D eigenvalue weighted by molar-refractivity contribution is 7.45. The number of quaternary nitrogens is 1. The Kier molecular flexibility index (Phi) is 51.2. The van der Waals surface area contributed by atoms with E-state index >= 15 is 0 Å². The van der Waals surface area contributed by atoms with Crippen LogP contribution >= 0.6 is 7.82 Å². The summed E-state index contributed by atoms with van der Waals surface area (Å²) in [5.41, 5.74) is 0. The van der Waals surface area contributed by atoms with Crippen LogP contribution in [0.4, 0.5) is 0 Å². The van der Waals surface area contributed by atoms with E-state index in [1.165, 1.54) is 205 Å². The number of likely N-dealkylation sites (N-methyl/N-ethyl adjacent to an activating group) is 1. The Morgan fingerprint density at radius 2 is 0.843 bits per heavy atom. The quantitative estimate of drug-likeness (QED) is 0.0272. The van der Waals surface area contributed by atoms with Crippen molar-refractivity contribution in [3.05, 3.63) is 48.6 Å². The number of aliphatic hydroxyl groups excluding tert-OH is 1. The van der Waals surface area contributed by atoms with Crippen molar-refractivity contribution in [3.8, 4) is 0 Å². The standard InChI is InChI=1S/C61H117N2O6P/c1-6-8-10-12-14-16-18-20-22-24-26-28-30-31-33-34-36-38-40-42-44-46-48-50-52-54-60(64)59(58-69-70(66,67)68-57-56-63(3,4)5)62-61(65)55-53-51-49-47-45-43-41-39-37-35-32-29-27-25-23-21-19-17-15-13-11-9-7-2/h27,29,35,37,44,46,52,54,59-60,64H,6-26,28,30-34,36,38-43,45,47-51,53,55-58H2,1-5H3,(H-,62,65,66,67)/b29-27-,37-35-,46-44+,54-52+. The van der Waals surface area contributed by atoms with E-state index in [0.717, 1.165) is 57.8 Å². The maximum absolute atomic E-state index is 13.0. The van der Waals surface area contributed by atoms with Crippen LogP contribution in [0.15, 0.2) is 48.6 Å². The van der Waals surface area contributed by atoms with Crippen molar-refractivity contribution < 1.29 is 32.9 Å². The van der Waals surface area contributed by atoms with E-state index in [1.807, 2.05) is 27.2 Å². The highest BCUT2D eigenvalue weighted by atomic mass is 31.2. The summed E-state index contributed by atoms with van der Waals surface area (Å²) in [6.07, 6.45) is 69.1. The van der Waals surface area contributed by atoms with Crippen molar-refractivity contribution in [2.45, 2.75) is 296 Å². The van der Waals surface area contributed by atoms with E-state index in [9.17, 15) is 19.4 Å². The first-order chi connectivity index (χ1) is 34.0. The molecule has 3 unspecified atom stereocenters. The molecule has 0 radical (unpaired) electrons. The maximum atomic E-state index is 13.0. The summed E-state index contributed by atoms with van der Waals surface area (Å²) in [4.78, 5) is 25.5. The molecule has 0 rings (SSSR count). The Morgan fingerprint density at radius 3 is 1.24 bits per heavy atom. The lowest BCUT2D eigenvalue weighted by Crippen LogP contribution is -2.45. The predicted molar refractivity (Wildman–Crippen MR) is 302 cm³/mol. The molecule has 0 aliphatic heterocycles. The number of allylic oxidation sites excluding steroid dienone is 7. The summed E-state index contributed by atoms with van der Waals surface area (Å²) in [6, 6.07) is -0.910. The van der Waals surface area contributed by atoms with E-state index < -0.39 is 26.6 Å². The minimum Gasteiger partial charge on any atom is -0.756 e. The zero-order chi connectivity index (χ0) is 51.3. The van der Waals surface area contributed by atoms with Gasteiger partial charge in [0.05, 0.1) is 39.9 Å². The first-order valence-electron chi connectivity index (χ1n) is 30.0. The molecule has 0 aliphatic rings. The molecule has 0 aromatic heterocycles. The molecule has 9 heteroatoms. The van der Waals surface area contributed by atoms with Gasteiger partial charge in [-0.15, -0.1) is 0 Å². The number of carbonyl (C=O) groups is 1. The van der Waals surface area contributed by atoms with Gasteiger partial charge in [0.1, 0.15) is 13.2 Å². The molecule has 0 heterocycles. The molecule has 0 bridgehead atoms. The number of amides is 1. The van der Waals surface area contributed by atoms with Crippen LogP contribution in [-0.2, 0) is 18.4 Å². The molecule has 0 aromatic carbocycles. The number of hydrogen-bond acceptors (Lipinski definition) is 6. The topological polar surface area (TPSA) is 108 Å². The van der Waals surface area contributed by atoms with E-state index in [0.29, 0.717) is 17.4 Å². The van der Waals surface area contributed by atoms with Crippen LogP contribution in [-0.4, -0.2) is 68.5 Å². The molecule has 0 aliphatic carbocycles. The van der Waals surface area contributed by atoms with Gasteiger partial charge in [-0.25, -0.2) is 0 Å². The van der Waals surface area contributed by atoms with Crippen LogP contribution < -0.4 is 10.2 Å². The summed E-state index contributed by atoms with van der Waals surface area (Å²) in [5.74, 6) is -0.212.